The van der Waals surface area contributed by atoms with Gasteiger partial charge in [0.1, 0.15) is 6.29 Å². The van der Waals surface area contributed by atoms with Crippen molar-refractivity contribution < 1.29 is 14.7 Å². The summed E-state index contributed by atoms with van der Waals surface area (Å²) in [5.74, 6) is -0.833. The number of carbonyl (C=O) groups is 2. The van der Waals surface area contributed by atoms with E-state index in [0.717, 1.165) is 13.2 Å². The molecule has 0 rings (SSSR count). The third kappa shape index (κ3) is 106. The van der Waals surface area contributed by atoms with E-state index < -0.39 is 5.97 Å². The van der Waals surface area contributed by atoms with E-state index in [2.05, 4.69) is 0 Å². The van der Waals surface area contributed by atoms with Gasteiger partial charge in [0.05, 0.1) is 0 Å². The largest absolute Gasteiger partial charge is 0.481 e. The molecule has 0 spiro atoms. The highest BCUT2D eigenvalue weighted by Crippen LogP contribution is 1.42. The second-order valence-electron chi connectivity index (χ2n) is 0.755. The van der Waals surface area contributed by atoms with Crippen molar-refractivity contribution in [1.29, 1.82) is 0 Å². The van der Waals surface area contributed by atoms with Gasteiger partial charge in [0.25, 0.3) is 5.97 Å². The summed E-state index contributed by atoms with van der Waals surface area (Å²) in [7, 11) is 0. The van der Waals surface area contributed by atoms with Gasteiger partial charge in [0.2, 0.25) is 0 Å². The second-order valence-corrected chi connectivity index (χ2v) is 0.755. The van der Waals surface area contributed by atoms with Gasteiger partial charge in [-0.05, 0) is 6.92 Å². The van der Waals surface area contributed by atoms with E-state index in [1.165, 1.54) is 6.92 Å². The van der Waals surface area contributed by atoms with Crippen LogP contribution >= 0.6 is 0 Å². The minimum absolute atomic E-state index is 0. The molecule has 0 aliphatic carbocycles. The maximum atomic E-state index is 9.00. The van der Waals surface area contributed by atoms with E-state index >= 15 is 0 Å². The van der Waals surface area contributed by atoms with Gasteiger partial charge >= 0.3 is 0 Å². The lowest BCUT2D eigenvalue weighted by atomic mass is 10.9. The lowest BCUT2D eigenvalue weighted by Gasteiger charge is -1.59. The number of carboxylic acid groups (broad SMARTS) is 1. The molecule has 0 aromatic rings. The molecule has 0 aromatic heterocycles. The molecule has 8 heavy (non-hydrogen) atoms. The van der Waals surface area contributed by atoms with Crippen LogP contribution in [-0.2, 0) is 9.59 Å². The van der Waals surface area contributed by atoms with Crippen molar-refractivity contribution in [3.63, 3.8) is 0 Å². The van der Waals surface area contributed by atoms with Crippen LogP contribution in [0.5, 0.6) is 0 Å². The van der Waals surface area contributed by atoms with E-state index in [1.54, 1.807) is 0 Å². The van der Waals surface area contributed by atoms with Crippen molar-refractivity contribution in [3.8, 4) is 0 Å². The summed E-state index contributed by atoms with van der Waals surface area (Å²) in [5.41, 5.74) is 0. The molecule has 0 atom stereocenters. The highest BCUT2D eigenvalue weighted by molar-refractivity contribution is 5.62. The van der Waals surface area contributed by atoms with Crippen molar-refractivity contribution in [2.24, 2.45) is 0 Å². The van der Waals surface area contributed by atoms with Gasteiger partial charge in [-0.2, -0.15) is 0 Å². The molecular weight excluding hydrogens is 110 g/mol. The Kier molecular flexibility index (Phi) is 32.4. The van der Waals surface area contributed by atoms with Crippen LogP contribution in [0.15, 0.2) is 0 Å². The SMILES string of the molecule is CC(=O)O.CC=O.N. The minimum atomic E-state index is -0.833. The topological polar surface area (TPSA) is 89.4 Å². The van der Waals surface area contributed by atoms with E-state index in [-0.39, 0.29) is 6.15 Å². The molecule has 0 unspecified atom stereocenters. The van der Waals surface area contributed by atoms with Crippen LogP contribution in [0.2, 0.25) is 0 Å². The zero-order valence-electron chi connectivity index (χ0n) is 5.05. The van der Waals surface area contributed by atoms with Crippen LogP contribution in [0, 0.1) is 0 Å². The van der Waals surface area contributed by atoms with E-state index in [9.17, 15) is 0 Å². The first-order valence-corrected chi connectivity index (χ1v) is 1.74. The molecule has 0 saturated heterocycles. The minimum Gasteiger partial charge on any atom is -0.481 e. The number of carbonyl (C=O) groups excluding carboxylic acids is 1. The Hall–Kier alpha value is -0.900. The first-order chi connectivity index (χ1) is 3.15. The Bertz CT molecular complexity index is 58.3. The van der Waals surface area contributed by atoms with Crippen molar-refractivity contribution in [2.45, 2.75) is 13.8 Å². The summed E-state index contributed by atoms with van der Waals surface area (Å²) in [5, 5.41) is 7.42. The number of carboxylic acids is 1. The van der Waals surface area contributed by atoms with Gasteiger partial charge in [-0.3, -0.25) is 4.79 Å². The Morgan fingerprint density at radius 3 is 1.62 bits per heavy atom. The molecule has 50 valence electrons. The third-order valence-corrected chi connectivity index (χ3v) is 0. The van der Waals surface area contributed by atoms with Crippen molar-refractivity contribution >= 4 is 12.3 Å². The standard InChI is InChI=1S/C2H4O2.C2H4O.H3N/c1-2(3)4;1-2-3;/h1H3,(H,3,4);2H,1H3;1H3. The number of rotatable bonds is 0. The fraction of sp³-hybridized carbons (Fsp3) is 0.500. The van der Waals surface area contributed by atoms with E-state index in [4.69, 9.17) is 14.7 Å². The number of hydrogen-bond acceptors (Lipinski definition) is 3. The predicted molar refractivity (Wildman–Crippen MR) is 30.1 cm³/mol. The lowest BCUT2D eigenvalue weighted by molar-refractivity contribution is -0.134. The molecule has 4 nitrogen and oxygen atoms in total. The predicted octanol–water partition coefficient (Wildman–Crippen LogP) is 0.458. The monoisotopic (exact) mass is 121 g/mol. The fourth-order valence-corrected chi connectivity index (χ4v) is 0. The van der Waals surface area contributed by atoms with E-state index in [0.29, 0.717) is 0 Å². The molecule has 0 saturated carbocycles. The third-order valence-electron chi connectivity index (χ3n) is 0. The average molecular weight is 121 g/mol. The van der Waals surface area contributed by atoms with Gasteiger partial charge in [0.15, 0.2) is 0 Å². The van der Waals surface area contributed by atoms with Crippen molar-refractivity contribution in [1.82, 2.24) is 6.15 Å². The Morgan fingerprint density at radius 2 is 1.62 bits per heavy atom. The summed E-state index contributed by atoms with van der Waals surface area (Å²) in [4.78, 5) is 17.8. The molecule has 4 N–H and O–H groups in total. The summed E-state index contributed by atoms with van der Waals surface area (Å²) in [6.07, 6.45) is 0.750. The Balaban J connectivity index is -0.0000000575. The summed E-state index contributed by atoms with van der Waals surface area (Å²) in [6.45, 7) is 2.53. The van der Waals surface area contributed by atoms with Gasteiger partial charge in [-0.25, -0.2) is 0 Å². The average Bonchev–Trinajstić information content (AvgIpc) is 1.33. The Labute approximate surface area is 48.1 Å². The van der Waals surface area contributed by atoms with Gasteiger partial charge in [-0.15, -0.1) is 0 Å². The summed E-state index contributed by atoms with van der Waals surface area (Å²) >= 11 is 0. The van der Waals surface area contributed by atoms with Crippen LogP contribution in [-0.4, -0.2) is 17.4 Å². The molecule has 4 heteroatoms. The molecule has 0 fully saturated rings. The smallest absolute Gasteiger partial charge is 0.300 e. The molecule has 0 aliphatic heterocycles. The van der Waals surface area contributed by atoms with Crippen molar-refractivity contribution in [2.75, 3.05) is 0 Å². The molecule has 0 aromatic carbocycles. The quantitative estimate of drug-likeness (QED) is 0.455. The molecule has 0 heterocycles. The van der Waals surface area contributed by atoms with Crippen LogP contribution in [0.1, 0.15) is 13.8 Å². The van der Waals surface area contributed by atoms with Gasteiger partial charge in [-0.1, -0.05) is 0 Å². The summed E-state index contributed by atoms with van der Waals surface area (Å²) < 4.78 is 0. The zero-order chi connectivity index (χ0) is 6.28. The first kappa shape index (κ1) is 15.7. The van der Waals surface area contributed by atoms with Gasteiger partial charge < -0.3 is 16.1 Å². The van der Waals surface area contributed by atoms with Crippen LogP contribution in [0.3, 0.4) is 0 Å². The Morgan fingerprint density at radius 1 is 1.62 bits per heavy atom. The fourth-order valence-electron chi connectivity index (χ4n) is 0. The molecule has 0 aliphatic rings. The zero-order valence-corrected chi connectivity index (χ0v) is 5.05. The van der Waals surface area contributed by atoms with Crippen LogP contribution in [0.4, 0.5) is 0 Å². The molecular formula is C4H11NO3. The maximum absolute atomic E-state index is 9.00. The van der Waals surface area contributed by atoms with E-state index in [1.807, 2.05) is 0 Å². The maximum Gasteiger partial charge on any atom is 0.300 e. The second kappa shape index (κ2) is 16.5. The van der Waals surface area contributed by atoms with Crippen LogP contribution < -0.4 is 6.15 Å². The molecule has 0 bridgehead atoms. The van der Waals surface area contributed by atoms with Crippen LogP contribution in [0.25, 0.3) is 0 Å². The number of aliphatic carboxylic acids is 1. The highest BCUT2D eigenvalue weighted by Gasteiger charge is 1.65. The first-order valence-electron chi connectivity index (χ1n) is 1.74. The highest BCUT2D eigenvalue weighted by atomic mass is 16.4. The van der Waals surface area contributed by atoms with Crippen molar-refractivity contribution in [3.05, 3.63) is 0 Å². The number of aldehydes is 1. The molecule has 0 amide bonds. The van der Waals surface area contributed by atoms with Gasteiger partial charge in [0, 0.05) is 6.92 Å². The number of hydrogen-bond donors (Lipinski definition) is 2. The normalized spacial score (nSPS) is 4.75. The lowest BCUT2D eigenvalue weighted by Crippen LogP contribution is -1.78. The summed E-state index contributed by atoms with van der Waals surface area (Å²) in [6, 6.07) is 0. The molecule has 0 radical (unpaired) electrons.